The van der Waals surface area contributed by atoms with Crippen LogP contribution in [0.15, 0.2) is 24.3 Å². The number of esters is 1. The minimum atomic E-state index is -0.253. The van der Waals surface area contributed by atoms with Gasteiger partial charge >= 0.3 is 12.1 Å². The zero-order valence-electron chi connectivity index (χ0n) is 23.9. The fourth-order valence-corrected chi connectivity index (χ4v) is 5.97. The lowest BCUT2D eigenvalue weighted by molar-refractivity contribution is -0.141. The van der Waals surface area contributed by atoms with E-state index in [-0.39, 0.29) is 24.5 Å². The van der Waals surface area contributed by atoms with Gasteiger partial charge in [0.05, 0.1) is 33.4 Å². The van der Waals surface area contributed by atoms with Crippen molar-refractivity contribution in [1.29, 1.82) is 0 Å². The van der Waals surface area contributed by atoms with E-state index in [0.717, 1.165) is 81.5 Å². The van der Waals surface area contributed by atoms with Crippen LogP contribution < -0.4 is 9.80 Å². The molecule has 3 aliphatic rings. The van der Waals surface area contributed by atoms with Gasteiger partial charge in [-0.1, -0.05) is 11.6 Å². The van der Waals surface area contributed by atoms with E-state index in [4.69, 9.17) is 30.8 Å². The lowest BCUT2D eigenvalue weighted by Gasteiger charge is -2.35. The molecular weight excluding hydrogens is 548 g/mol. The van der Waals surface area contributed by atoms with Gasteiger partial charge in [0, 0.05) is 81.6 Å². The van der Waals surface area contributed by atoms with Gasteiger partial charge < -0.3 is 28.9 Å². The molecule has 0 spiro atoms. The summed E-state index contributed by atoms with van der Waals surface area (Å²) in [7, 11) is 1.42. The summed E-state index contributed by atoms with van der Waals surface area (Å²) in [6.07, 6.45) is 1.56. The zero-order valence-corrected chi connectivity index (χ0v) is 24.6. The van der Waals surface area contributed by atoms with Crippen molar-refractivity contribution in [2.24, 2.45) is 0 Å². The summed E-state index contributed by atoms with van der Waals surface area (Å²) in [6.45, 7) is 10.1. The molecule has 0 N–H and O–H groups in total. The number of methoxy groups -OCH3 is 1. The van der Waals surface area contributed by atoms with Crippen LogP contribution >= 0.6 is 11.6 Å². The maximum Gasteiger partial charge on any atom is 0.409 e. The van der Waals surface area contributed by atoms with E-state index < -0.39 is 0 Å². The second-order valence-electron chi connectivity index (χ2n) is 10.5. The maximum absolute atomic E-state index is 12.2. The van der Waals surface area contributed by atoms with Crippen molar-refractivity contribution in [1.82, 2.24) is 19.8 Å². The van der Waals surface area contributed by atoms with E-state index in [2.05, 4.69) is 31.8 Å². The van der Waals surface area contributed by atoms with E-state index in [9.17, 15) is 9.59 Å². The van der Waals surface area contributed by atoms with Gasteiger partial charge in [-0.2, -0.15) is 0 Å². The van der Waals surface area contributed by atoms with Crippen LogP contribution in [-0.4, -0.2) is 117 Å². The first kappa shape index (κ1) is 29.3. The predicted molar refractivity (Wildman–Crippen MR) is 157 cm³/mol. The Balaban J connectivity index is 1.29. The molecule has 1 aromatic heterocycles. The van der Waals surface area contributed by atoms with E-state index in [1.807, 2.05) is 19.1 Å². The molecule has 11 nitrogen and oxygen atoms in total. The molecule has 1 unspecified atom stereocenters. The largest absolute Gasteiger partial charge is 0.469 e. The van der Waals surface area contributed by atoms with Crippen molar-refractivity contribution in [3.63, 3.8) is 0 Å². The molecule has 0 radical (unpaired) electrons. The van der Waals surface area contributed by atoms with Gasteiger partial charge in [0.15, 0.2) is 5.82 Å². The van der Waals surface area contributed by atoms with E-state index in [1.165, 1.54) is 7.11 Å². The van der Waals surface area contributed by atoms with E-state index in [1.54, 1.807) is 4.90 Å². The quantitative estimate of drug-likeness (QED) is 0.322. The lowest BCUT2D eigenvalue weighted by Crippen LogP contribution is -2.49. The number of benzene rings is 1. The Morgan fingerprint density at radius 2 is 1.76 bits per heavy atom. The Morgan fingerprint density at radius 3 is 2.44 bits per heavy atom. The number of fused-ring (bicyclic) bond motifs is 1. The highest BCUT2D eigenvalue weighted by Crippen LogP contribution is 2.38. The number of ether oxygens (including phenoxy) is 3. The third-order valence-corrected chi connectivity index (χ3v) is 8.30. The van der Waals surface area contributed by atoms with Crippen LogP contribution in [0, 0.1) is 0 Å². The van der Waals surface area contributed by atoms with Crippen LogP contribution in [0.2, 0.25) is 5.15 Å². The van der Waals surface area contributed by atoms with Gasteiger partial charge in [-0.05, 0) is 37.6 Å². The molecule has 12 heteroatoms. The topological polar surface area (TPSA) is 101 Å². The molecule has 1 amide bonds. The highest BCUT2D eigenvalue weighted by atomic mass is 35.5. The third kappa shape index (κ3) is 7.02. The lowest BCUT2D eigenvalue weighted by atomic mass is 10.1. The number of halogens is 1. The highest BCUT2D eigenvalue weighted by Gasteiger charge is 2.35. The third-order valence-electron chi connectivity index (χ3n) is 7.99. The van der Waals surface area contributed by atoms with Crippen LogP contribution in [-0.2, 0) is 25.4 Å². The summed E-state index contributed by atoms with van der Waals surface area (Å²) in [5.74, 6) is 1.11. The van der Waals surface area contributed by atoms with Crippen LogP contribution in [0.1, 0.15) is 25.3 Å². The molecule has 1 atom stereocenters. The normalized spacial score (nSPS) is 19.3. The van der Waals surface area contributed by atoms with Crippen LogP contribution in [0.25, 0.3) is 11.4 Å². The smallest absolute Gasteiger partial charge is 0.409 e. The first-order valence-corrected chi connectivity index (χ1v) is 14.8. The summed E-state index contributed by atoms with van der Waals surface area (Å²) >= 11 is 6.73. The second-order valence-corrected chi connectivity index (χ2v) is 10.9. The van der Waals surface area contributed by atoms with Gasteiger partial charge in [0.1, 0.15) is 11.0 Å². The Morgan fingerprint density at radius 1 is 1.02 bits per heavy atom. The number of hydrogen-bond donors (Lipinski definition) is 0. The zero-order chi connectivity index (χ0) is 28.8. The van der Waals surface area contributed by atoms with Crippen LogP contribution in [0.4, 0.5) is 16.3 Å². The van der Waals surface area contributed by atoms with E-state index >= 15 is 0 Å². The van der Waals surface area contributed by atoms with Crippen molar-refractivity contribution in [2.75, 3.05) is 89.1 Å². The fourth-order valence-electron chi connectivity index (χ4n) is 5.73. The molecule has 2 fully saturated rings. The Hall–Kier alpha value is -3.15. The number of aromatic nitrogens is 2. The minimum absolute atomic E-state index is 0.0696. The van der Waals surface area contributed by atoms with Crippen molar-refractivity contribution in [2.45, 2.75) is 32.2 Å². The first-order valence-electron chi connectivity index (χ1n) is 14.4. The number of carbonyl (C=O) groups excluding carboxylic acids is 2. The number of piperazine rings is 1. The summed E-state index contributed by atoms with van der Waals surface area (Å²) in [5, 5.41) is 0.426. The van der Waals surface area contributed by atoms with Crippen molar-refractivity contribution in [3.05, 3.63) is 35.0 Å². The molecule has 5 rings (SSSR count). The molecule has 4 heterocycles. The van der Waals surface area contributed by atoms with Crippen molar-refractivity contribution < 1.29 is 23.8 Å². The van der Waals surface area contributed by atoms with Gasteiger partial charge in [0.25, 0.3) is 0 Å². The predicted octanol–water partition coefficient (Wildman–Crippen LogP) is 3.09. The van der Waals surface area contributed by atoms with Crippen molar-refractivity contribution >= 4 is 35.2 Å². The fraction of sp³-hybridized carbons (Fsp3) is 0.586. The Kier molecular flexibility index (Phi) is 9.79. The molecule has 2 aromatic rings. The summed E-state index contributed by atoms with van der Waals surface area (Å²) in [5.41, 5.74) is 2.83. The number of hydrogen-bond acceptors (Lipinski definition) is 10. The Labute approximate surface area is 246 Å². The molecule has 3 aliphatic heterocycles. The average molecular weight is 587 g/mol. The number of nitrogens with zero attached hydrogens (tertiary/aromatic N) is 6. The second kappa shape index (κ2) is 13.7. The van der Waals surface area contributed by atoms with Gasteiger partial charge in [-0.25, -0.2) is 14.8 Å². The minimum Gasteiger partial charge on any atom is -0.469 e. The summed E-state index contributed by atoms with van der Waals surface area (Å²) < 4.78 is 15.6. The summed E-state index contributed by atoms with van der Waals surface area (Å²) in [6, 6.07) is 8.06. The van der Waals surface area contributed by atoms with Crippen molar-refractivity contribution in [3.8, 4) is 11.4 Å². The molecule has 1 aromatic carbocycles. The summed E-state index contributed by atoms with van der Waals surface area (Å²) in [4.78, 5) is 42.5. The monoisotopic (exact) mass is 586 g/mol. The molecular formula is C29H39ClN6O5. The number of anilines is 2. The first-order chi connectivity index (χ1) is 20.0. The van der Waals surface area contributed by atoms with Crippen LogP contribution in [0.5, 0.6) is 0 Å². The van der Waals surface area contributed by atoms with E-state index in [0.29, 0.717) is 37.1 Å². The van der Waals surface area contributed by atoms with Gasteiger partial charge in [-0.15, -0.1) is 0 Å². The molecule has 0 bridgehead atoms. The molecule has 41 heavy (non-hydrogen) atoms. The number of amides is 1. The van der Waals surface area contributed by atoms with Gasteiger partial charge in [0.2, 0.25) is 0 Å². The van der Waals surface area contributed by atoms with Crippen LogP contribution in [0.3, 0.4) is 0 Å². The maximum atomic E-state index is 12.2. The molecule has 0 saturated carbocycles. The molecule has 0 aliphatic carbocycles. The number of carbonyl (C=O) groups is 2. The SMILES string of the molecule is CCOC(=O)N1CCN(c2ccc(-c3nc(Cl)c4c(n3)N(CCCN3CCOCC3)C(CC(=O)OC)C4)cc2)CC1. The average Bonchev–Trinajstić information content (AvgIpc) is 3.35. The highest BCUT2D eigenvalue weighted by molar-refractivity contribution is 6.30. The molecule has 222 valence electrons. The standard InChI is InChI=1S/C29H39ClN6O5/c1-3-41-29(38)35-13-11-34(12-14-35)22-7-5-21(6-8-22)27-31-26(30)24-19-23(20-25(37)39-2)36(28(24)32-27)10-4-9-33-15-17-40-18-16-33/h5-8,23H,3-4,9-20H2,1-2H3. The van der Waals surface area contributed by atoms with Gasteiger partial charge in [-0.3, -0.25) is 9.69 Å². The number of rotatable bonds is 9. The Bertz CT molecular complexity index is 1200. The number of morpholine rings is 1. The molecule has 2 saturated heterocycles.